The Balaban J connectivity index is 1.61. The number of ether oxygens (including phenoxy) is 1. The van der Waals surface area contributed by atoms with Gasteiger partial charge in [0.25, 0.3) is 0 Å². The predicted molar refractivity (Wildman–Crippen MR) is 87.5 cm³/mol. The van der Waals surface area contributed by atoms with Gasteiger partial charge >= 0.3 is 0 Å². The second-order valence-electron chi connectivity index (χ2n) is 5.71. The van der Waals surface area contributed by atoms with E-state index in [-0.39, 0.29) is 6.10 Å². The normalized spacial score (nSPS) is 19.7. The van der Waals surface area contributed by atoms with E-state index >= 15 is 0 Å². The average molecular weight is 314 g/mol. The van der Waals surface area contributed by atoms with E-state index in [1.165, 1.54) is 5.56 Å². The second-order valence-corrected chi connectivity index (χ2v) is 5.71. The van der Waals surface area contributed by atoms with E-state index in [1.54, 1.807) is 12.1 Å². The van der Waals surface area contributed by atoms with Gasteiger partial charge in [0, 0.05) is 19.2 Å². The van der Waals surface area contributed by atoms with Crippen molar-refractivity contribution in [2.45, 2.75) is 25.5 Å². The zero-order chi connectivity index (χ0) is 16.1. The van der Waals surface area contributed by atoms with Crippen LogP contribution in [0.15, 0.2) is 47.6 Å². The van der Waals surface area contributed by atoms with E-state index in [0.717, 1.165) is 37.3 Å². The van der Waals surface area contributed by atoms with Crippen LogP contribution in [-0.4, -0.2) is 34.0 Å². The Morgan fingerprint density at radius 3 is 2.78 bits per heavy atom. The molecule has 4 N–H and O–H groups in total. The number of nitrogens with zero attached hydrogens (tertiary/aromatic N) is 4. The van der Waals surface area contributed by atoms with Crippen molar-refractivity contribution < 1.29 is 4.74 Å². The third kappa shape index (κ3) is 4.01. The maximum Gasteiger partial charge on any atom is 0.233 e. The number of hydrogen-bond donors (Lipinski definition) is 2. The van der Waals surface area contributed by atoms with Crippen LogP contribution in [0, 0.1) is 0 Å². The number of nitrogens with two attached hydrogens (primary N) is 2. The number of likely N-dealkylation sites (tertiary alicyclic amines) is 1. The summed E-state index contributed by atoms with van der Waals surface area (Å²) in [7, 11) is 0. The van der Waals surface area contributed by atoms with Gasteiger partial charge in [0.1, 0.15) is 6.10 Å². The summed E-state index contributed by atoms with van der Waals surface area (Å²) in [6.45, 7) is 2.91. The zero-order valence-electron chi connectivity index (χ0n) is 13.0. The van der Waals surface area contributed by atoms with Gasteiger partial charge in [-0.3, -0.25) is 4.90 Å². The second kappa shape index (κ2) is 7.15. The van der Waals surface area contributed by atoms with Crippen LogP contribution >= 0.6 is 0 Å². The molecule has 0 amide bonds. The van der Waals surface area contributed by atoms with Crippen molar-refractivity contribution >= 4 is 0 Å². The van der Waals surface area contributed by atoms with Crippen molar-refractivity contribution in [1.29, 1.82) is 0 Å². The maximum absolute atomic E-state index is 5.97. The molecule has 1 unspecified atom stereocenters. The summed E-state index contributed by atoms with van der Waals surface area (Å²) in [5.41, 5.74) is 1.71. The van der Waals surface area contributed by atoms with E-state index in [1.807, 2.05) is 6.07 Å². The molecule has 1 fully saturated rings. The Morgan fingerprint density at radius 2 is 2.04 bits per heavy atom. The molecule has 0 bridgehead atoms. The zero-order valence-corrected chi connectivity index (χ0v) is 13.0. The fourth-order valence-corrected chi connectivity index (χ4v) is 2.84. The summed E-state index contributed by atoms with van der Waals surface area (Å²) in [5, 5.41) is 7.66. The Kier molecular flexibility index (Phi) is 4.77. The SMILES string of the molecule is N/N=c1/ccc(OC2CCCN(Cc3ccccc3)C2)nn1N. The Bertz CT molecular complexity index is 699. The minimum Gasteiger partial charge on any atom is -0.472 e. The number of rotatable bonds is 4. The minimum absolute atomic E-state index is 0.112. The van der Waals surface area contributed by atoms with Gasteiger partial charge in [0.15, 0.2) is 5.49 Å². The fraction of sp³-hybridized carbons (Fsp3) is 0.375. The van der Waals surface area contributed by atoms with Gasteiger partial charge in [0.2, 0.25) is 5.88 Å². The molecule has 7 heteroatoms. The van der Waals surface area contributed by atoms with Gasteiger partial charge in [0.05, 0.1) is 0 Å². The first-order chi connectivity index (χ1) is 11.2. The first kappa shape index (κ1) is 15.4. The molecule has 1 aromatic carbocycles. The number of piperidine rings is 1. The summed E-state index contributed by atoms with van der Waals surface area (Å²) in [5.74, 6) is 11.4. The molecule has 23 heavy (non-hydrogen) atoms. The van der Waals surface area contributed by atoms with Crippen LogP contribution in [-0.2, 0) is 6.54 Å². The first-order valence-corrected chi connectivity index (χ1v) is 7.77. The van der Waals surface area contributed by atoms with Gasteiger partial charge in [-0.25, -0.2) is 0 Å². The maximum atomic E-state index is 5.97. The molecular weight excluding hydrogens is 292 g/mol. The van der Waals surface area contributed by atoms with E-state index < -0.39 is 0 Å². The molecule has 2 aromatic rings. The van der Waals surface area contributed by atoms with Gasteiger partial charge in [-0.1, -0.05) is 30.3 Å². The lowest BCUT2D eigenvalue weighted by molar-refractivity contribution is 0.0794. The van der Waals surface area contributed by atoms with Crippen LogP contribution in [0.2, 0.25) is 0 Å². The van der Waals surface area contributed by atoms with Gasteiger partial charge in [-0.05, 0) is 31.0 Å². The van der Waals surface area contributed by atoms with Crippen molar-refractivity contribution in [2.24, 2.45) is 10.9 Å². The van der Waals surface area contributed by atoms with E-state index in [9.17, 15) is 0 Å². The lowest BCUT2D eigenvalue weighted by Gasteiger charge is -2.32. The number of aromatic nitrogens is 2. The Morgan fingerprint density at radius 1 is 1.22 bits per heavy atom. The first-order valence-electron chi connectivity index (χ1n) is 7.77. The molecule has 122 valence electrons. The Labute approximate surface area is 135 Å². The quantitative estimate of drug-likeness (QED) is 0.630. The molecule has 3 rings (SSSR count). The molecule has 0 radical (unpaired) electrons. The number of hydrogen-bond acceptors (Lipinski definition) is 6. The summed E-state index contributed by atoms with van der Waals surface area (Å²) in [4.78, 5) is 3.53. The standard InChI is InChI=1S/C16H22N6O/c17-19-15-8-9-16(20-22(15)18)23-14-7-4-10-21(12-14)11-13-5-2-1-3-6-13/h1-3,5-6,8-9,14H,4,7,10-12,17-18H2/b19-15-. The number of benzene rings is 1. The summed E-state index contributed by atoms with van der Waals surface area (Å²) < 4.78 is 5.97. The Hall–Kier alpha value is -2.54. The van der Waals surface area contributed by atoms with Crippen LogP contribution < -0.4 is 21.9 Å². The molecule has 2 heterocycles. The average Bonchev–Trinajstić information content (AvgIpc) is 2.56. The third-order valence-electron chi connectivity index (χ3n) is 3.95. The molecule has 1 atom stereocenters. The predicted octanol–water partition coefficient (Wildman–Crippen LogP) is 0.415. The molecular formula is C16H22N6O. The summed E-state index contributed by atoms with van der Waals surface area (Å²) >= 11 is 0. The lowest BCUT2D eigenvalue weighted by Crippen LogP contribution is -2.41. The molecule has 1 aromatic heterocycles. The highest BCUT2D eigenvalue weighted by atomic mass is 16.5. The van der Waals surface area contributed by atoms with E-state index in [2.05, 4.69) is 39.4 Å². The molecule has 1 saturated heterocycles. The number of nitrogen functional groups attached to an aromatic ring is 1. The van der Waals surface area contributed by atoms with Crippen LogP contribution in [0.25, 0.3) is 0 Å². The van der Waals surface area contributed by atoms with E-state index in [4.69, 9.17) is 16.4 Å². The summed E-state index contributed by atoms with van der Waals surface area (Å²) in [6, 6.07) is 13.9. The van der Waals surface area contributed by atoms with Crippen molar-refractivity contribution in [2.75, 3.05) is 18.9 Å². The van der Waals surface area contributed by atoms with Crippen LogP contribution in [0.1, 0.15) is 18.4 Å². The largest absolute Gasteiger partial charge is 0.472 e. The van der Waals surface area contributed by atoms with Crippen LogP contribution in [0.4, 0.5) is 0 Å². The third-order valence-corrected chi connectivity index (χ3v) is 3.95. The highest BCUT2D eigenvalue weighted by molar-refractivity contribution is 5.14. The van der Waals surface area contributed by atoms with Crippen LogP contribution in [0.5, 0.6) is 5.88 Å². The van der Waals surface area contributed by atoms with Crippen molar-refractivity contribution in [1.82, 2.24) is 14.8 Å². The molecule has 0 saturated carbocycles. The molecule has 0 aliphatic carbocycles. The lowest BCUT2D eigenvalue weighted by atomic mass is 10.1. The van der Waals surface area contributed by atoms with Gasteiger partial charge in [-0.15, -0.1) is 5.10 Å². The minimum atomic E-state index is 0.112. The molecule has 0 spiro atoms. The molecule has 7 nitrogen and oxygen atoms in total. The van der Waals surface area contributed by atoms with Gasteiger partial charge < -0.3 is 16.4 Å². The highest BCUT2D eigenvalue weighted by Gasteiger charge is 2.21. The van der Waals surface area contributed by atoms with Crippen molar-refractivity contribution in [3.05, 3.63) is 53.5 Å². The van der Waals surface area contributed by atoms with E-state index in [0.29, 0.717) is 11.4 Å². The van der Waals surface area contributed by atoms with Crippen molar-refractivity contribution in [3.8, 4) is 5.88 Å². The summed E-state index contributed by atoms with van der Waals surface area (Å²) in [6.07, 6.45) is 2.23. The molecule has 1 aliphatic heterocycles. The fourth-order valence-electron chi connectivity index (χ4n) is 2.84. The topological polar surface area (TPSA) is 94.7 Å². The van der Waals surface area contributed by atoms with Crippen LogP contribution in [0.3, 0.4) is 0 Å². The molecule has 1 aliphatic rings. The van der Waals surface area contributed by atoms with Crippen molar-refractivity contribution in [3.63, 3.8) is 0 Å². The van der Waals surface area contributed by atoms with Gasteiger partial charge in [-0.2, -0.15) is 9.89 Å². The highest BCUT2D eigenvalue weighted by Crippen LogP contribution is 2.17. The monoisotopic (exact) mass is 314 g/mol. The smallest absolute Gasteiger partial charge is 0.233 e.